The third-order valence-corrected chi connectivity index (χ3v) is 6.86. The largest absolute Gasteiger partial charge is 0.490 e. The summed E-state index contributed by atoms with van der Waals surface area (Å²) in [6.07, 6.45) is 6.33. The highest BCUT2D eigenvalue weighted by atomic mass is 32.1. The summed E-state index contributed by atoms with van der Waals surface area (Å²) in [5.41, 5.74) is 2.02. The van der Waals surface area contributed by atoms with E-state index in [1.807, 2.05) is 35.2 Å². The van der Waals surface area contributed by atoms with Crippen molar-refractivity contribution >= 4 is 33.5 Å². The third-order valence-electron chi connectivity index (χ3n) is 5.66. The van der Waals surface area contributed by atoms with Gasteiger partial charge < -0.3 is 14.4 Å². The lowest BCUT2D eigenvalue weighted by Gasteiger charge is -2.30. The second-order valence-electron chi connectivity index (χ2n) is 7.71. The molecular formula is C24H24N2O3S. The lowest BCUT2D eigenvalue weighted by atomic mass is 9.97. The molecule has 1 saturated heterocycles. The Morgan fingerprint density at radius 2 is 1.87 bits per heavy atom. The Bertz CT molecular complexity index is 1050. The predicted octanol–water partition coefficient (Wildman–Crippen LogP) is 4.88. The van der Waals surface area contributed by atoms with Crippen molar-refractivity contribution in [3.8, 4) is 11.5 Å². The lowest BCUT2D eigenvalue weighted by Crippen LogP contribution is -2.36. The lowest BCUT2D eigenvalue weighted by molar-refractivity contribution is -0.126. The number of para-hydroxylation sites is 1. The number of likely N-dealkylation sites (tertiary alicyclic amines) is 1. The van der Waals surface area contributed by atoms with Crippen molar-refractivity contribution in [3.63, 3.8) is 0 Å². The van der Waals surface area contributed by atoms with E-state index < -0.39 is 0 Å². The number of carbonyl (C=O) groups is 1. The standard InChI is InChI=1S/C24H24N2O3S/c27-23(9-7-17-6-8-20-21(16-17)29-15-3-14-28-20)26-12-10-18(11-13-26)24-25-19-4-1-2-5-22(19)30-24/h1-2,4-9,16,18H,3,10-15H2. The van der Waals surface area contributed by atoms with Crippen molar-refractivity contribution in [2.45, 2.75) is 25.2 Å². The van der Waals surface area contributed by atoms with E-state index >= 15 is 0 Å². The molecule has 0 unspecified atom stereocenters. The maximum atomic E-state index is 12.7. The Labute approximate surface area is 179 Å². The second kappa shape index (κ2) is 8.48. The van der Waals surface area contributed by atoms with Crippen LogP contribution in [0.15, 0.2) is 48.5 Å². The van der Waals surface area contributed by atoms with Crippen molar-refractivity contribution < 1.29 is 14.3 Å². The maximum absolute atomic E-state index is 12.7. The van der Waals surface area contributed by atoms with Crippen LogP contribution in [0.2, 0.25) is 0 Å². The van der Waals surface area contributed by atoms with Crippen LogP contribution in [0, 0.1) is 0 Å². The summed E-state index contributed by atoms with van der Waals surface area (Å²) in [4.78, 5) is 19.4. The number of rotatable bonds is 3. The van der Waals surface area contributed by atoms with Crippen LogP contribution in [-0.2, 0) is 4.79 Å². The number of amides is 1. The van der Waals surface area contributed by atoms with Gasteiger partial charge in [0.1, 0.15) is 0 Å². The Morgan fingerprint density at radius 1 is 1.07 bits per heavy atom. The highest BCUT2D eigenvalue weighted by Crippen LogP contribution is 2.34. The molecular weight excluding hydrogens is 396 g/mol. The number of aromatic nitrogens is 1. The third kappa shape index (κ3) is 4.05. The summed E-state index contributed by atoms with van der Waals surface area (Å²) < 4.78 is 12.6. The van der Waals surface area contributed by atoms with Gasteiger partial charge >= 0.3 is 0 Å². The number of benzene rings is 2. The zero-order valence-electron chi connectivity index (χ0n) is 16.8. The van der Waals surface area contributed by atoms with Gasteiger partial charge in [0.2, 0.25) is 5.91 Å². The number of hydrogen-bond acceptors (Lipinski definition) is 5. The molecule has 3 heterocycles. The van der Waals surface area contributed by atoms with Crippen molar-refractivity contribution in [2.75, 3.05) is 26.3 Å². The van der Waals surface area contributed by atoms with Crippen LogP contribution in [0.25, 0.3) is 16.3 Å². The molecule has 0 bridgehead atoms. The van der Waals surface area contributed by atoms with Crippen LogP contribution >= 0.6 is 11.3 Å². The van der Waals surface area contributed by atoms with Gasteiger partial charge in [-0.3, -0.25) is 4.79 Å². The van der Waals surface area contributed by atoms with Crippen LogP contribution in [0.4, 0.5) is 0 Å². The summed E-state index contributed by atoms with van der Waals surface area (Å²) >= 11 is 1.78. The first-order valence-electron chi connectivity index (χ1n) is 10.5. The van der Waals surface area contributed by atoms with Gasteiger partial charge in [0, 0.05) is 31.5 Å². The van der Waals surface area contributed by atoms with Gasteiger partial charge in [-0.15, -0.1) is 11.3 Å². The highest BCUT2D eigenvalue weighted by Gasteiger charge is 2.25. The Kier molecular flexibility index (Phi) is 5.41. The molecule has 1 fully saturated rings. The molecule has 2 aromatic carbocycles. The zero-order chi connectivity index (χ0) is 20.3. The second-order valence-corrected chi connectivity index (χ2v) is 8.77. The SMILES string of the molecule is O=C(C=Cc1ccc2c(c1)OCCCO2)N1CCC(c2nc3ccccc3s2)CC1. The summed E-state index contributed by atoms with van der Waals surface area (Å²) in [6.45, 7) is 2.87. The molecule has 0 atom stereocenters. The van der Waals surface area contributed by atoms with Crippen LogP contribution in [0.1, 0.15) is 35.8 Å². The minimum absolute atomic E-state index is 0.0601. The fourth-order valence-electron chi connectivity index (χ4n) is 3.97. The van der Waals surface area contributed by atoms with Crippen LogP contribution in [0.5, 0.6) is 11.5 Å². The molecule has 30 heavy (non-hydrogen) atoms. The summed E-state index contributed by atoms with van der Waals surface area (Å²) in [7, 11) is 0. The molecule has 0 saturated carbocycles. The fourth-order valence-corrected chi connectivity index (χ4v) is 5.10. The molecule has 6 heteroatoms. The van der Waals surface area contributed by atoms with Gasteiger partial charge in [-0.25, -0.2) is 4.98 Å². The number of fused-ring (bicyclic) bond motifs is 2. The first-order chi connectivity index (χ1) is 14.8. The van der Waals surface area contributed by atoms with E-state index in [1.54, 1.807) is 17.4 Å². The molecule has 5 rings (SSSR count). The van der Waals surface area contributed by atoms with Crippen molar-refractivity contribution in [1.82, 2.24) is 9.88 Å². The van der Waals surface area contributed by atoms with E-state index in [2.05, 4.69) is 18.2 Å². The predicted molar refractivity (Wildman–Crippen MR) is 119 cm³/mol. The number of ether oxygens (including phenoxy) is 2. The average Bonchev–Trinajstić information content (AvgIpc) is 3.09. The number of hydrogen-bond donors (Lipinski definition) is 0. The van der Waals surface area contributed by atoms with E-state index in [-0.39, 0.29) is 5.91 Å². The Hall–Kier alpha value is -2.86. The van der Waals surface area contributed by atoms with Crippen LogP contribution in [-0.4, -0.2) is 42.1 Å². The van der Waals surface area contributed by atoms with E-state index in [0.717, 1.165) is 54.9 Å². The van der Waals surface area contributed by atoms with E-state index in [1.165, 1.54) is 9.71 Å². The number of nitrogens with zero attached hydrogens (tertiary/aromatic N) is 2. The van der Waals surface area contributed by atoms with E-state index in [4.69, 9.17) is 14.5 Å². The van der Waals surface area contributed by atoms with Crippen LogP contribution in [0.3, 0.4) is 0 Å². The van der Waals surface area contributed by atoms with Gasteiger partial charge in [0.25, 0.3) is 0 Å². The molecule has 0 aliphatic carbocycles. The monoisotopic (exact) mass is 420 g/mol. The molecule has 1 aromatic heterocycles. The topological polar surface area (TPSA) is 51.7 Å². The summed E-state index contributed by atoms with van der Waals surface area (Å²) in [5, 5.41) is 1.20. The normalized spacial score (nSPS) is 17.4. The van der Waals surface area contributed by atoms with Gasteiger partial charge in [0.15, 0.2) is 11.5 Å². The summed E-state index contributed by atoms with van der Waals surface area (Å²) in [5.74, 6) is 2.02. The fraction of sp³-hybridized carbons (Fsp3) is 0.333. The van der Waals surface area contributed by atoms with E-state index in [0.29, 0.717) is 19.1 Å². The number of thiazole rings is 1. The highest BCUT2D eigenvalue weighted by molar-refractivity contribution is 7.18. The van der Waals surface area contributed by atoms with Gasteiger partial charge in [-0.2, -0.15) is 0 Å². The van der Waals surface area contributed by atoms with Crippen molar-refractivity contribution in [2.24, 2.45) is 0 Å². The first-order valence-corrected chi connectivity index (χ1v) is 11.3. The molecule has 2 aliphatic rings. The smallest absolute Gasteiger partial charge is 0.246 e. The van der Waals surface area contributed by atoms with Gasteiger partial charge in [-0.1, -0.05) is 18.2 Å². The first kappa shape index (κ1) is 19.1. The molecule has 3 aromatic rings. The molecule has 2 aliphatic heterocycles. The molecule has 0 radical (unpaired) electrons. The number of carbonyl (C=O) groups excluding carboxylic acids is 1. The van der Waals surface area contributed by atoms with E-state index in [9.17, 15) is 4.79 Å². The minimum Gasteiger partial charge on any atom is -0.490 e. The Balaban J connectivity index is 1.20. The molecule has 0 N–H and O–H groups in total. The van der Waals surface area contributed by atoms with Gasteiger partial charge in [-0.05, 0) is 48.7 Å². The molecule has 1 amide bonds. The van der Waals surface area contributed by atoms with Crippen molar-refractivity contribution in [3.05, 3.63) is 59.1 Å². The molecule has 5 nitrogen and oxygen atoms in total. The van der Waals surface area contributed by atoms with Crippen molar-refractivity contribution in [1.29, 1.82) is 0 Å². The van der Waals surface area contributed by atoms with Gasteiger partial charge in [0.05, 0.1) is 28.4 Å². The summed E-state index contributed by atoms with van der Waals surface area (Å²) in [6, 6.07) is 14.1. The maximum Gasteiger partial charge on any atom is 0.246 e. The zero-order valence-corrected chi connectivity index (χ0v) is 17.6. The molecule has 0 spiro atoms. The average molecular weight is 421 g/mol. The molecule has 154 valence electrons. The van der Waals surface area contributed by atoms with Crippen LogP contribution < -0.4 is 9.47 Å². The minimum atomic E-state index is 0.0601. The quantitative estimate of drug-likeness (QED) is 0.567. The number of piperidine rings is 1. The Morgan fingerprint density at radius 3 is 2.70 bits per heavy atom.